The number of rotatable bonds is 5. The van der Waals surface area contributed by atoms with Gasteiger partial charge in [-0.2, -0.15) is 0 Å². The second kappa shape index (κ2) is 6.12. The predicted molar refractivity (Wildman–Crippen MR) is 86.0 cm³/mol. The molecule has 0 amide bonds. The molecule has 0 radical (unpaired) electrons. The summed E-state index contributed by atoms with van der Waals surface area (Å²) in [4.78, 5) is 0. The van der Waals surface area contributed by atoms with Gasteiger partial charge in [-0.15, -0.1) is 0 Å². The van der Waals surface area contributed by atoms with E-state index in [1.54, 1.807) is 0 Å². The molecule has 108 valence electrons. The summed E-state index contributed by atoms with van der Waals surface area (Å²) >= 11 is 0. The van der Waals surface area contributed by atoms with Crippen LogP contribution in [0.3, 0.4) is 0 Å². The average molecular weight is 280 g/mol. The van der Waals surface area contributed by atoms with Crippen molar-refractivity contribution in [1.29, 1.82) is 0 Å². The molecule has 3 nitrogen and oxygen atoms in total. The zero-order valence-corrected chi connectivity index (χ0v) is 12.2. The number of aliphatic hydroxyl groups is 1. The molecule has 3 rings (SSSR count). The molecule has 0 saturated carbocycles. The van der Waals surface area contributed by atoms with Gasteiger partial charge >= 0.3 is 0 Å². The van der Waals surface area contributed by atoms with Crippen molar-refractivity contribution in [2.24, 2.45) is 7.05 Å². The average Bonchev–Trinajstić information content (AvgIpc) is 2.86. The number of fused-ring (bicyclic) bond motifs is 1. The van der Waals surface area contributed by atoms with Crippen LogP contribution in [0.1, 0.15) is 17.2 Å². The number of hydrogen-bond acceptors (Lipinski definition) is 2. The highest BCUT2D eigenvalue weighted by Gasteiger charge is 2.11. The highest BCUT2D eigenvalue weighted by molar-refractivity contribution is 5.83. The lowest BCUT2D eigenvalue weighted by Gasteiger charge is -2.16. The molecule has 0 aliphatic rings. The van der Waals surface area contributed by atoms with E-state index in [1.165, 1.54) is 16.5 Å². The quantitative estimate of drug-likeness (QED) is 0.754. The number of hydrogen-bond donors (Lipinski definition) is 2. The maximum Gasteiger partial charge on any atom is 0.0626 e. The van der Waals surface area contributed by atoms with E-state index in [0.717, 1.165) is 12.1 Å². The van der Waals surface area contributed by atoms with Gasteiger partial charge in [0.1, 0.15) is 0 Å². The number of nitrogens with one attached hydrogen (secondary N) is 1. The van der Waals surface area contributed by atoms with Crippen molar-refractivity contribution >= 4 is 10.9 Å². The number of aliphatic hydroxyl groups excluding tert-OH is 1. The van der Waals surface area contributed by atoms with Gasteiger partial charge in [-0.3, -0.25) is 0 Å². The first kappa shape index (κ1) is 13.9. The van der Waals surface area contributed by atoms with E-state index in [0.29, 0.717) is 0 Å². The monoisotopic (exact) mass is 280 g/mol. The Morgan fingerprint density at radius 2 is 1.76 bits per heavy atom. The summed E-state index contributed by atoms with van der Waals surface area (Å²) < 4.78 is 2.14. The lowest BCUT2D eigenvalue weighted by Crippen LogP contribution is -2.23. The third-order valence-electron chi connectivity index (χ3n) is 3.90. The van der Waals surface area contributed by atoms with Crippen LogP contribution in [0.2, 0.25) is 0 Å². The topological polar surface area (TPSA) is 37.2 Å². The van der Waals surface area contributed by atoms with Gasteiger partial charge in [0.2, 0.25) is 0 Å². The number of aryl methyl sites for hydroxylation is 1. The summed E-state index contributed by atoms with van der Waals surface area (Å²) in [6.07, 6.45) is 2.15. The Bertz CT molecular complexity index is 718. The fourth-order valence-electron chi connectivity index (χ4n) is 2.77. The molecule has 0 aliphatic carbocycles. The van der Waals surface area contributed by atoms with Crippen LogP contribution in [0.4, 0.5) is 0 Å². The predicted octanol–water partition coefficient (Wildman–Crippen LogP) is 3.00. The van der Waals surface area contributed by atoms with E-state index < -0.39 is 0 Å². The van der Waals surface area contributed by atoms with E-state index in [1.807, 2.05) is 30.3 Å². The third kappa shape index (κ3) is 2.84. The van der Waals surface area contributed by atoms with Gasteiger partial charge < -0.3 is 15.0 Å². The van der Waals surface area contributed by atoms with Crippen molar-refractivity contribution in [3.05, 3.63) is 71.9 Å². The molecule has 21 heavy (non-hydrogen) atoms. The second-order valence-corrected chi connectivity index (χ2v) is 5.31. The van der Waals surface area contributed by atoms with Crippen LogP contribution >= 0.6 is 0 Å². The summed E-state index contributed by atoms with van der Waals surface area (Å²) in [5, 5.41) is 14.3. The van der Waals surface area contributed by atoms with Crippen molar-refractivity contribution in [1.82, 2.24) is 9.88 Å². The van der Waals surface area contributed by atoms with Gasteiger partial charge in [-0.05, 0) is 17.2 Å². The van der Waals surface area contributed by atoms with Crippen LogP contribution in [0.5, 0.6) is 0 Å². The standard InChI is InChI=1S/C18H20N2O/c1-20-12-15(16-9-5-6-10-18(16)20)11-19-17(13-21)14-7-3-2-4-8-14/h2-10,12,17,19,21H,11,13H2,1H3/t17-/m0/s1. The fourth-order valence-corrected chi connectivity index (χ4v) is 2.77. The van der Waals surface area contributed by atoms with E-state index in [2.05, 4.69) is 47.4 Å². The normalized spacial score (nSPS) is 12.7. The fraction of sp³-hybridized carbons (Fsp3) is 0.222. The van der Waals surface area contributed by atoms with Gasteiger partial charge in [0.25, 0.3) is 0 Å². The molecule has 2 N–H and O–H groups in total. The molecule has 2 aromatic carbocycles. The number of para-hydroxylation sites is 1. The summed E-state index contributed by atoms with van der Waals surface area (Å²) in [5.74, 6) is 0. The summed E-state index contributed by atoms with van der Waals surface area (Å²) in [6.45, 7) is 0.830. The van der Waals surface area contributed by atoms with Gasteiger partial charge in [0.15, 0.2) is 0 Å². The van der Waals surface area contributed by atoms with Crippen molar-refractivity contribution < 1.29 is 5.11 Å². The van der Waals surface area contributed by atoms with Crippen LogP contribution in [-0.2, 0) is 13.6 Å². The van der Waals surface area contributed by atoms with Gasteiger partial charge in [-0.25, -0.2) is 0 Å². The van der Waals surface area contributed by atoms with E-state index in [4.69, 9.17) is 0 Å². The molecule has 1 aromatic heterocycles. The molecule has 3 heteroatoms. The minimum absolute atomic E-state index is 0.0369. The third-order valence-corrected chi connectivity index (χ3v) is 3.90. The Morgan fingerprint density at radius 1 is 1.05 bits per heavy atom. The molecule has 0 saturated heterocycles. The van der Waals surface area contributed by atoms with Gasteiger partial charge in [0, 0.05) is 30.7 Å². The lowest BCUT2D eigenvalue weighted by atomic mass is 10.1. The van der Waals surface area contributed by atoms with Crippen molar-refractivity contribution in [2.45, 2.75) is 12.6 Å². The lowest BCUT2D eigenvalue weighted by molar-refractivity contribution is 0.244. The molecule has 0 spiro atoms. The molecule has 0 aliphatic heterocycles. The maximum atomic E-state index is 9.61. The first-order valence-corrected chi connectivity index (χ1v) is 7.21. The summed E-state index contributed by atoms with van der Waals surface area (Å²) in [7, 11) is 2.06. The Labute approximate surface area is 124 Å². The van der Waals surface area contributed by atoms with E-state index >= 15 is 0 Å². The second-order valence-electron chi connectivity index (χ2n) is 5.31. The molecular formula is C18H20N2O. The minimum atomic E-state index is -0.0369. The molecule has 0 fully saturated rings. The Morgan fingerprint density at radius 3 is 2.52 bits per heavy atom. The van der Waals surface area contributed by atoms with Crippen molar-refractivity contribution in [3.8, 4) is 0 Å². The molecule has 0 unspecified atom stereocenters. The van der Waals surface area contributed by atoms with Crippen LogP contribution < -0.4 is 5.32 Å². The number of benzene rings is 2. The minimum Gasteiger partial charge on any atom is -0.394 e. The smallest absolute Gasteiger partial charge is 0.0626 e. The molecule has 0 bridgehead atoms. The zero-order valence-electron chi connectivity index (χ0n) is 12.2. The molecular weight excluding hydrogens is 260 g/mol. The highest BCUT2D eigenvalue weighted by atomic mass is 16.3. The SMILES string of the molecule is Cn1cc(CN[C@@H](CO)c2ccccc2)c2ccccc21. The first-order valence-electron chi connectivity index (χ1n) is 7.21. The van der Waals surface area contributed by atoms with Crippen LogP contribution in [0.25, 0.3) is 10.9 Å². The molecule has 1 atom stereocenters. The molecule has 3 aromatic rings. The summed E-state index contributed by atoms with van der Waals surface area (Å²) in [5.41, 5.74) is 3.59. The van der Waals surface area contributed by atoms with Crippen molar-refractivity contribution in [2.75, 3.05) is 6.61 Å². The Hall–Kier alpha value is -2.10. The van der Waals surface area contributed by atoms with Gasteiger partial charge in [0.05, 0.1) is 12.6 Å². The summed E-state index contributed by atoms with van der Waals surface area (Å²) in [6, 6.07) is 18.4. The zero-order chi connectivity index (χ0) is 14.7. The van der Waals surface area contributed by atoms with E-state index in [9.17, 15) is 5.11 Å². The number of aromatic nitrogens is 1. The largest absolute Gasteiger partial charge is 0.394 e. The van der Waals surface area contributed by atoms with Gasteiger partial charge in [-0.1, -0.05) is 48.5 Å². The highest BCUT2D eigenvalue weighted by Crippen LogP contribution is 2.21. The first-order chi connectivity index (χ1) is 10.3. The Balaban J connectivity index is 1.80. The van der Waals surface area contributed by atoms with Crippen molar-refractivity contribution in [3.63, 3.8) is 0 Å². The number of nitrogens with zero attached hydrogens (tertiary/aromatic N) is 1. The van der Waals surface area contributed by atoms with Crippen LogP contribution in [0, 0.1) is 0 Å². The Kier molecular flexibility index (Phi) is 4.04. The van der Waals surface area contributed by atoms with E-state index in [-0.39, 0.29) is 12.6 Å². The maximum absolute atomic E-state index is 9.61. The molecule has 1 heterocycles. The van der Waals surface area contributed by atoms with Crippen LogP contribution in [0.15, 0.2) is 60.8 Å². The van der Waals surface area contributed by atoms with Crippen LogP contribution in [-0.4, -0.2) is 16.3 Å².